The first-order chi connectivity index (χ1) is 8.87. The van der Waals surface area contributed by atoms with Crippen molar-refractivity contribution in [3.8, 4) is 0 Å². The van der Waals surface area contributed by atoms with E-state index in [4.69, 9.17) is 0 Å². The van der Waals surface area contributed by atoms with Crippen LogP contribution in [0, 0.1) is 0 Å². The van der Waals surface area contributed by atoms with E-state index < -0.39 is 17.5 Å². The molecule has 0 spiro atoms. The third-order valence-electron chi connectivity index (χ3n) is 3.92. The molecule has 0 amide bonds. The van der Waals surface area contributed by atoms with Gasteiger partial charge in [-0.2, -0.15) is 8.78 Å². The highest BCUT2D eigenvalue weighted by molar-refractivity contribution is 5.75. The summed E-state index contributed by atoms with van der Waals surface area (Å²) in [5, 5.41) is 20.3. The lowest BCUT2D eigenvalue weighted by atomic mass is 9.73. The summed E-state index contributed by atoms with van der Waals surface area (Å²) in [6, 6.07) is 9.42. The molecule has 1 aliphatic carbocycles. The zero-order valence-corrected chi connectivity index (χ0v) is 10.3. The summed E-state index contributed by atoms with van der Waals surface area (Å²) in [5.74, 6) is -6.62. The van der Waals surface area contributed by atoms with Gasteiger partial charge in [0.1, 0.15) is 11.6 Å². The summed E-state index contributed by atoms with van der Waals surface area (Å²) in [6.45, 7) is 0. The number of hydrogen-bond acceptors (Lipinski definition) is 3. The van der Waals surface area contributed by atoms with Gasteiger partial charge in [-0.15, -0.1) is 0 Å². The molecule has 104 valence electrons. The Labute approximate surface area is 109 Å². The highest BCUT2D eigenvalue weighted by Crippen LogP contribution is 2.45. The maximum Gasteiger partial charge on any atom is 0.315 e. The van der Waals surface area contributed by atoms with E-state index >= 15 is 0 Å². The van der Waals surface area contributed by atoms with E-state index in [-0.39, 0.29) is 18.8 Å². The van der Waals surface area contributed by atoms with Crippen molar-refractivity contribution in [1.29, 1.82) is 0 Å². The van der Waals surface area contributed by atoms with Crippen LogP contribution >= 0.6 is 0 Å². The Morgan fingerprint density at radius 1 is 1.26 bits per heavy atom. The largest absolute Gasteiger partial charge is 0.544 e. The SMILES string of the molecule is O=C([O-])C(F)(F)C1(O)CCC(c2ccccc2)CC1. The first-order valence-corrected chi connectivity index (χ1v) is 6.23. The molecule has 0 bridgehead atoms. The minimum absolute atomic E-state index is 0.0824. The topological polar surface area (TPSA) is 60.4 Å². The molecule has 19 heavy (non-hydrogen) atoms. The Morgan fingerprint density at radius 3 is 2.26 bits per heavy atom. The number of halogens is 2. The van der Waals surface area contributed by atoms with Gasteiger partial charge in [0.05, 0.1) is 0 Å². The van der Waals surface area contributed by atoms with Crippen LogP contribution in [0.25, 0.3) is 0 Å². The average molecular weight is 269 g/mol. The number of aliphatic carboxylic acids is 1. The zero-order valence-electron chi connectivity index (χ0n) is 10.3. The van der Waals surface area contributed by atoms with E-state index in [0.29, 0.717) is 12.8 Å². The smallest absolute Gasteiger partial charge is 0.315 e. The minimum Gasteiger partial charge on any atom is -0.544 e. The molecule has 1 aromatic carbocycles. The van der Waals surface area contributed by atoms with E-state index in [2.05, 4.69) is 0 Å². The van der Waals surface area contributed by atoms with Gasteiger partial charge in [0.2, 0.25) is 0 Å². The van der Waals surface area contributed by atoms with E-state index in [0.717, 1.165) is 5.56 Å². The molecule has 0 saturated heterocycles. The van der Waals surface area contributed by atoms with Gasteiger partial charge in [-0.05, 0) is 37.2 Å². The predicted octanol–water partition coefficient (Wildman–Crippen LogP) is 1.46. The van der Waals surface area contributed by atoms with Crippen LogP contribution < -0.4 is 5.11 Å². The molecule has 3 nitrogen and oxygen atoms in total. The number of carbonyl (C=O) groups is 1. The van der Waals surface area contributed by atoms with Gasteiger partial charge in [-0.3, -0.25) is 0 Å². The lowest BCUT2D eigenvalue weighted by Gasteiger charge is -2.41. The lowest BCUT2D eigenvalue weighted by molar-refractivity contribution is -0.345. The fraction of sp³-hybridized carbons (Fsp3) is 0.500. The fourth-order valence-electron chi connectivity index (χ4n) is 2.66. The molecule has 2 rings (SSSR count). The van der Waals surface area contributed by atoms with Crippen molar-refractivity contribution in [2.75, 3.05) is 0 Å². The van der Waals surface area contributed by atoms with E-state index in [1.807, 2.05) is 30.3 Å². The molecule has 1 N–H and O–H groups in total. The maximum atomic E-state index is 13.4. The van der Waals surface area contributed by atoms with Crippen LogP contribution in [0.5, 0.6) is 0 Å². The van der Waals surface area contributed by atoms with Crippen molar-refractivity contribution >= 4 is 5.97 Å². The van der Waals surface area contributed by atoms with Crippen LogP contribution in [0.2, 0.25) is 0 Å². The van der Waals surface area contributed by atoms with Crippen molar-refractivity contribution in [2.45, 2.75) is 43.1 Å². The number of benzene rings is 1. The number of carbonyl (C=O) groups excluding carboxylic acids is 1. The molecular formula is C14H15F2O3-. The maximum absolute atomic E-state index is 13.4. The quantitative estimate of drug-likeness (QED) is 0.903. The average Bonchev–Trinajstić information content (AvgIpc) is 2.40. The molecule has 0 heterocycles. The van der Waals surface area contributed by atoms with Gasteiger partial charge in [-0.1, -0.05) is 30.3 Å². The monoisotopic (exact) mass is 269 g/mol. The Morgan fingerprint density at radius 2 is 1.79 bits per heavy atom. The Balaban J connectivity index is 2.09. The normalized spacial score (nSPS) is 28.1. The molecule has 0 aliphatic heterocycles. The van der Waals surface area contributed by atoms with Gasteiger partial charge >= 0.3 is 5.92 Å². The predicted molar refractivity (Wildman–Crippen MR) is 62.6 cm³/mol. The third-order valence-corrected chi connectivity index (χ3v) is 3.92. The summed E-state index contributed by atoms with van der Waals surface area (Å²) in [7, 11) is 0. The van der Waals surface area contributed by atoms with Crippen LogP contribution in [0.15, 0.2) is 30.3 Å². The van der Waals surface area contributed by atoms with Gasteiger partial charge < -0.3 is 15.0 Å². The fourth-order valence-corrected chi connectivity index (χ4v) is 2.66. The Bertz CT molecular complexity index is 451. The third kappa shape index (κ3) is 2.47. The molecule has 0 radical (unpaired) electrons. The van der Waals surface area contributed by atoms with Gasteiger partial charge in [0.15, 0.2) is 0 Å². The molecule has 0 aromatic heterocycles. The van der Waals surface area contributed by atoms with E-state index in [9.17, 15) is 23.8 Å². The number of rotatable bonds is 3. The molecule has 0 unspecified atom stereocenters. The summed E-state index contributed by atoms with van der Waals surface area (Å²) in [5.41, 5.74) is -1.46. The lowest BCUT2D eigenvalue weighted by Crippen LogP contribution is -2.59. The number of carboxylic acids is 1. The molecular weight excluding hydrogens is 254 g/mol. The summed E-state index contributed by atoms with van der Waals surface area (Å²) in [6.07, 6.45) is 0.188. The van der Waals surface area contributed by atoms with E-state index in [1.165, 1.54) is 0 Å². The zero-order chi connectivity index (χ0) is 14.1. The summed E-state index contributed by atoms with van der Waals surface area (Å²) < 4.78 is 26.9. The molecule has 1 fully saturated rings. The minimum atomic E-state index is -4.20. The van der Waals surface area contributed by atoms with Crippen molar-refractivity contribution in [2.24, 2.45) is 0 Å². The van der Waals surface area contributed by atoms with Crippen molar-refractivity contribution in [3.63, 3.8) is 0 Å². The number of aliphatic hydroxyl groups is 1. The van der Waals surface area contributed by atoms with Crippen molar-refractivity contribution in [1.82, 2.24) is 0 Å². The second kappa shape index (κ2) is 4.89. The number of carboxylic acid groups (broad SMARTS) is 1. The van der Waals surface area contributed by atoms with Crippen molar-refractivity contribution in [3.05, 3.63) is 35.9 Å². The second-order valence-electron chi connectivity index (χ2n) is 5.08. The van der Waals surface area contributed by atoms with Crippen LogP contribution in [-0.4, -0.2) is 22.6 Å². The highest BCUT2D eigenvalue weighted by Gasteiger charge is 2.54. The molecule has 1 aliphatic rings. The van der Waals surface area contributed by atoms with Crippen LogP contribution in [0.1, 0.15) is 37.2 Å². The summed E-state index contributed by atoms with van der Waals surface area (Å²) in [4.78, 5) is 10.5. The van der Waals surface area contributed by atoms with Crippen LogP contribution in [-0.2, 0) is 4.79 Å². The number of alkyl halides is 2. The summed E-state index contributed by atoms with van der Waals surface area (Å²) >= 11 is 0. The first-order valence-electron chi connectivity index (χ1n) is 6.23. The molecule has 5 heteroatoms. The standard InChI is InChI=1S/C14H16F2O3/c15-14(16,12(17)18)13(19)8-6-11(7-9-13)10-4-2-1-3-5-10/h1-5,11,19H,6-9H2,(H,17,18)/p-1. The molecule has 1 aromatic rings. The van der Waals surface area contributed by atoms with E-state index in [1.54, 1.807) is 0 Å². The molecule has 0 atom stereocenters. The Kier molecular flexibility index (Phi) is 3.58. The van der Waals surface area contributed by atoms with Crippen LogP contribution in [0.3, 0.4) is 0 Å². The van der Waals surface area contributed by atoms with Crippen LogP contribution in [0.4, 0.5) is 8.78 Å². The second-order valence-corrected chi connectivity index (χ2v) is 5.08. The van der Waals surface area contributed by atoms with Crippen molar-refractivity contribution < 1.29 is 23.8 Å². The Hall–Kier alpha value is -1.49. The first kappa shape index (κ1) is 13.9. The van der Waals surface area contributed by atoms with Gasteiger partial charge in [0.25, 0.3) is 0 Å². The van der Waals surface area contributed by atoms with Gasteiger partial charge in [-0.25, -0.2) is 0 Å². The van der Waals surface area contributed by atoms with Gasteiger partial charge in [0, 0.05) is 0 Å². The number of hydrogen-bond donors (Lipinski definition) is 1. The molecule has 1 saturated carbocycles. The highest BCUT2D eigenvalue weighted by atomic mass is 19.3.